The Balaban J connectivity index is 1.43. The van der Waals surface area contributed by atoms with Crippen molar-refractivity contribution in [3.8, 4) is 28.4 Å². The Morgan fingerprint density at radius 1 is 0.938 bits per heavy atom. The first-order chi connectivity index (χ1) is 15.3. The third-order valence-electron chi connectivity index (χ3n) is 5.66. The summed E-state index contributed by atoms with van der Waals surface area (Å²) in [7, 11) is 0. The van der Waals surface area contributed by atoms with E-state index in [1.807, 2.05) is 12.1 Å². The summed E-state index contributed by atoms with van der Waals surface area (Å²) >= 11 is 0. The van der Waals surface area contributed by atoms with Gasteiger partial charge in [0.25, 0.3) is 0 Å². The minimum Gasteiger partial charge on any atom is -0.454 e. The standard InChI is InChI=1S/C24H18F3NO4/c25-24(26,27)32-19-9-7-17(13-18(19)15-4-2-1-3-5-15)28-22(29)23(10-11-23)16-6-8-20-21(12-16)31-14-30-20/h1-9,12-13H,10-11,14H2,(H,28,29). The van der Waals surface area contributed by atoms with Crippen molar-refractivity contribution in [2.45, 2.75) is 24.6 Å². The van der Waals surface area contributed by atoms with Gasteiger partial charge in [0.15, 0.2) is 11.5 Å². The molecule has 0 bridgehead atoms. The molecule has 1 fully saturated rings. The van der Waals surface area contributed by atoms with Gasteiger partial charge in [-0.1, -0.05) is 36.4 Å². The lowest BCUT2D eigenvalue weighted by Gasteiger charge is -2.18. The van der Waals surface area contributed by atoms with Crippen LogP contribution in [0.15, 0.2) is 66.7 Å². The van der Waals surface area contributed by atoms with Crippen molar-refractivity contribution in [2.75, 3.05) is 12.1 Å². The smallest absolute Gasteiger partial charge is 0.454 e. The number of hydrogen-bond donors (Lipinski definition) is 1. The molecular weight excluding hydrogens is 423 g/mol. The Bertz CT molecular complexity index is 1170. The third kappa shape index (κ3) is 3.84. The van der Waals surface area contributed by atoms with Gasteiger partial charge in [0.1, 0.15) is 5.75 Å². The molecule has 32 heavy (non-hydrogen) atoms. The van der Waals surface area contributed by atoms with E-state index in [9.17, 15) is 18.0 Å². The number of rotatable bonds is 5. The van der Waals surface area contributed by atoms with Crippen LogP contribution in [-0.4, -0.2) is 19.1 Å². The van der Waals surface area contributed by atoms with Crippen molar-refractivity contribution >= 4 is 11.6 Å². The number of carbonyl (C=O) groups excluding carboxylic acids is 1. The first-order valence-electron chi connectivity index (χ1n) is 10.0. The molecule has 0 aromatic heterocycles. The van der Waals surface area contributed by atoms with Crippen molar-refractivity contribution in [1.29, 1.82) is 0 Å². The van der Waals surface area contributed by atoms with E-state index in [2.05, 4.69) is 10.1 Å². The number of hydrogen-bond acceptors (Lipinski definition) is 4. The molecule has 164 valence electrons. The number of amides is 1. The van der Waals surface area contributed by atoms with Crippen molar-refractivity contribution in [3.05, 3.63) is 72.3 Å². The molecule has 8 heteroatoms. The number of fused-ring (bicyclic) bond motifs is 1. The Morgan fingerprint density at radius 3 is 2.41 bits per heavy atom. The molecule has 1 aliphatic heterocycles. The van der Waals surface area contributed by atoms with E-state index < -0.39 is 11.8 Å². The van der Waals surface area contributed by atoms with Crippen LogP contribution >= 0.6 is 0 Å². The summed E-state index contributed by atoms with van der Waals surface area (Å²) in [6, 6.07) is 18.1. The maximum atomic E-state index is 13.2. The monoisotopic (exact) mass is 441 g/mol. The Morgan fingerprint density at radius 2 is 1.69 bits per heavy atom. The van der Waals surface area contributed by atoms with Gasteiger partial charge < -0.3 is 19.5 Å². The summed E-state index contributed by atoms with van der Waals surface area (Å²) in [6.07, 6.45) is -3.50. The summed E-state index contributed by atoms with van der Waals surface area (Å²) in [5.74, 6) is 0.678. The van der Waals surface area contributed by atoms with E-state index in [1.54, 1.807) is 36.4 Å². The second-order valence-corrected chi connectivity index (χ2v) is 7.73. The first-order valence-corrected chi connectivity index (χ1v) is 10.0. The predicted molar refractivity (Wildman–Crippen MR) is 111 cm³/mol. The number of halogens is 3. The van der Waals surface area contributed by atoms with Crippen LogP contribution in [0.4, 0.5) is 18.9 Å². The maximum Gasteiger partial charge on any atom is 0.573 e. The summed E-state index contributed by atoms with van der Waals surface area (Å²) in [4.78, 5) is 13.2. The number of benzene rings is 3. The fourth-order valence-electron chi connectivity index (χ4n) is 3.88. The van der Waals surface area contributed by atoms with Crippen LogP contribution in [-0.2, 0) is 10.2 Å². The zero-order chi connectivity index (χ0) is 22.3. The molecule has 0 spiro atoms. The SMILES string of the molecule is O=C(Nc1ccc(OC(F)(F)F)c(-c2ccccc2)c1)C1(c2ccc3c(c2)OCO3)CC1. The molecule has 5 rings (SSSR count). The van der Waals surface area contributed by atoms with Gasteiger partial charge >= 0.3 is 6.36 Å². The maximum absolute atomic E-state index is 13.2. The largest absolute Gasteiger partial charge is 0.573 e. The van der Waals surface area contributed by atoms with Gasteiger partial charge in [0.2, 0.25) is 12.7 Å². The van der Waals surface area contributed by atoms with Crippen LogP contribution in [0.2, 0.25) is 0 Å². The lowest BCUT2D eigenvalue weighted by Crippen LogP contribution is -2.27. The summed E-state index contributed by atoms with van der Waals surface area (Å²) in [6.45, 7) is 0.145. The van der Waals surface area contributed by atoms with E-state index in [4.69, 9.17) is 9.47 Å². The molecule has 1 saturated carbocycles. The molecule has 3 aromatic carbocycles. The second kappa shape index (κ2) is 7.47. The quantitative estimate of drug-likeness (QED) is 0.556. The molecule has 1 aliphatic carbocycles. The highest BCUT2D eigenvalue weighted by Gasteiger charge is 2.51. The normalized spacial score (nSPS) is 15.8. The molecule has 0 saturated heterocycles. The fraction of sp³-hybridized carbons (Fsp3) is 0.208. The van der Waals surface area contributed by atoms with Gasteiger partial charge in [-0.05, 0) is 54.3 Å². The van der Waals surface area contributed by atoms with Crippen LogP contribution in [0.3, 0.4) is 0 Å². The average Bonchev–Trinajstić information content (AvgIpc) is 3.45. The number of anilines is 1. The van der Waals surface area contributed by atoms with Gasteiger partial charge in [-0.15, -0.1) is 13.2 Å². The number of ether oxygens (including phenoxy) is 3. The molecule has 0 unspecified atom stereocenters. The van der Waals surface area contributed by atoms with E-state index >= 15 is 0 Å². The minimum atomic E-state index is -4.83. The predicted octanol–water partition coefficient (Wildman–Crippen LogP) is 5.65. The van der Waals surface area contributed by atoms with Crippen LogP contribution in [0.25, 0.3) is 11.1 Å². The zero-order valence-electron chi connectivity index (χ0n) is 16.7. The molecule has 1 N–H and O–H groups in total. The highest BCUT2D eigenvalue weighted by molar-refractivity contribution is 6.02. The van der Waals surface area contributed by atoms with E-state index in [-0.39, 0.29) is 24.0 Å². The van der Waals surface area contributed by atoms with Gasteiger partial charge in [-0.3, -0.25) is 4.79 Å². The van der Waals surface area contributed by atoms with Gasteiger partial charge in [-0.2, -0.15) is 0 Å². The first kappa shape index (κ1) is 20.2. The van der Waals surface area contributed by atoms with E-state index in [1.165, 1.54) is 18.2 Å². The lowest BCUT2D eigenvalue weighted by molar-refractivity contribution is -0.274. The lowest BCUT2D eigenvalue weighted by atomic mass is 9.94. The second-order valence-electron chi connectivity index (χ2n) is 7.73. The third-order valence-corrected chi connectivity index (χ3v) is 5.66. The van der Waals surface area contributed by atoms with Crippen molar-refractivity contribution in [1.82, 2.24) is 0 Å². The highest BCUT2D eigenvalue weighted by Crippen LogP contribution is 2.51. The van der Waals surface area contributed by atoms with Crippen molar-refractivity contribution < 1.29 is 32.2 Å². The number of alkyl halides is 3. The van der Waals surface area contributed by atoms with E-state index in [0.29, 0.717) is 35.6 Å². The fourth-order valence-corrected chi connectivity index (χ4v) is 3.88. The van der Waals surface area contributed by atoms with Gasteiger partial charge in [0.05, 0.1) is 5.41 Å². The van der Waals surface area contributed by atoms with Crippen LogP contribution in [0.5, 0.6) is 17.2 Å². The summed E-state index contributed by atoms with van der Waals surface area (Å²) in [5, 5.41) is 2.86. The van der Waals surface area contributed by atoms with Crippen LogP contribution in [0.1, 0.15) is 18.4 Å². The average molecular weight is 441 g/mol. The molecule has 5 nitrogen and oxygen atoms in total. The summed E-state index contributed by atoms with van der Waals surface area (Å²) < 4.78 is 53.6. The zero-order valence-corrected chi connectivity index (χ0v) is 16.7. The highest BCUT2D eigenvalue weighted by atomic mass is 19.4. The number of nitrogens with one attached hydrogen (secondary N) is 1. The Hall–Kier alpha value is -3.68. The molecule has 0 radical (unpaired) electrons. The van der Waals surface area contributed by atoms with Crippen LogP contribution in [0, 0.1) is 0 Å². The Kier molecular flexibility index (Phi) is 4.73. The van der Waals surface area contributed by atoms with Gasteiger partial charge in [0, 0.05) is 11.3 Å². The van der Waals surface area contributed by atoms with E-state index in [0.717, 1.165) is 5.56 Å². The molecular formula is C24H18F3NO4. The van der Waals surface area contributed by atoms with Gasteiger partial charge in [-0.25, -0.2) is 0 Å². The number of carbonyl (C=O) groups is 1. The topological polar surface area (TPSA) is 56.8 Å². The molecule has 1 amide bonds. The van der Waals surface area contributed by atoms with Crippen molar-refractivity contribution in [2.24, 2.45) is 0 Å². The Labute approximate surface area is 181 Å². The van der Waals surface area contributed by atoms with Crippen LogP contribution < -0.4 is 19.5 Å². The minimum absolute atomic E-state index is 0.145. The molecule has 3 aromatic rings. The molecule has 2 aliphatic rings. The molecule has 1 heterocycles. The van der Waals surface area contributed by atoms with Crippen molar-refractivity contribution in [3.63, 3.8) is 0 Å². The summed E-state index contributed by atoms with van der Waals surface area (Å²) in [5.41, 5.74) is 1.28. The molecule has 0 atom stereocenters.